The molecule has 0 aliphatic carbocycles. The van der Waals surface area contributed by atoms with Crippen LogP contribution in [0, 0.1) is 11.2 Å². The molecular weight excluding hydrogens is 245 g/mol. The van der Waals surface area contributed by atoms with Gasteiger partial charge in [0.1, 0.15) is 11.6 Å². The lowest BCUT2D eigenvalue weighted by Crippen LogP contribution is -2.44. The van der Waals surface area contributed by atoms with Crippen molar-refractivity contribution in [1.29, 1.82) is 0 Å². The Bertz CT molecular complexity index is 438. The number of aliphatic hydroxyl groups excluding tert-OH is 1. The lowest BCUT2D eigenvalue weighted by molar-refractivity contribution is 0.0434. The van der Waals surface area contributed by atoms with Crippen molar-refractivity contribution in [3.05, 3.63) is 29.6 Å². The van der Waals surface area contributed by atoms with Gasteiger partial charge in [0, 0.05) is 12.0 Å². The highest BCUT2D eigenvalue weighted by Gasteiger charge is 2.34. The SMILES string of the molecule is COc1ccc(F)cc1CC1(CO)CCCN(C)C1. The highest BCUT2D eigenvalue weighted by atomic mass is 19.1. The van der Waals surface area contributed by atoms with Gasteiger partial charge in [-0.25, -0.2) is 4.39 Å². The molecular formula is C15H22FNO2. The first kappa shape index (κ1) is 14.3. The zero-order chi connectivity index (χ0) is 13.9. The molecule has 1 unspecified atom stereocenters. The number of halogens is 1. The summed E-state index contributed by atoms with van der Waals surface area (Å²) in [4.78, 5) is 2.23. The largest absolute Gasteiger partial charge is 0.496 e. The standard InChI is InChI=1S/C15H22FNO2/c1-17-7-3-6-15(10-17,11-18)9-12-8-13(16)4-5-14(12)19-2/h4-5,8,18H,3,6-7,9-11H2,1-2H3. The van der Waals surface area contributed by atoms with Crippen LogP contribution in [0.2, 0.25) is 0 Å². The molecule has 1 aromatic carbocycles. The molecule has 0 bridgehead atoms. The van der Waals surface area contributed by atoms with E-state index in [4.69, 9.17) is 4.74 Å². The van der Waals surface area contributed by atoms with Gasteiger partial charge in [0.2, 0.25) is 0 Å². The van der Waals surface area contributed by atoms with Crippen LogP contribution in [0.5, 0.6) is 5.75 Å². The smallest absolute Gasteiger partial charge is 0.123 e. The molecule has 1 aliphatic heterocycles. The quantitative estimate of drug-likeness (QED) is 0.906. The van der Waals surface area contributed by atoms with Crippen molar-refractivity contribution in [1.82, 2.24) is 4.90 Å². The van der Waals surface area contributed by atoms with Gasteiger partial charge in [0.05, 0.1) is 13.7 Å². The van der Waals surface area contributed by atoms with Gasteiger partial charge in [0.25, 0.3) is 0 Å². The van der Waals surface area contributed by atoms with E-state index < -0.39 is 0 Å². The molecule has 1 N–H and O–H groups in total. The van der Waals surface area contributed by atoms with E-state index in [0.717, 1.165) is 31.5 Å². The molecule has 3 nitrogen and oxygen atoms in total. The zero-order valence-corrected chi connectivity index (χ0v) is 11.7. The fourth-order valence-electron chi connectivity index (χ4n) is 3.07. The highest BCUT2D eigenvalue weighted by molar-refractivity contribution is 5.35. The molecule has 0 aromatic heterocycles. The van der Waals surface area contributed by atoms with E-state index in [-0.39, 0.29) is 17.8 Å². The minimum Gasteiger partial charge on any atom is -0.496 e. The van der Waals surface area contributed by atoms with Crippen LogP contribution in [-0.4, -0.2) is 43.9 Å². The third-order valence-electron chi connectivity index (χ3n) is 4.00. The molecule has 1 saturated heterocycles. The van der Waals surface area contributed by atoms with Crippen molar-refractivity contribution >= 4 is 0 Å². The summed E-state index contributed by atoms with van der Waals surface area (Å²) in [7, 11) is 3.65. The minimum absolute atomic E-state index is 0.122. The molecule has 0 radical (unpaired) electrons. The number of aliphatic hydroxyl groups is 1. The predicted octanol–water partition coefficient (Wildman–Crippen LogP) is 2.08. The summed E-state index contributed by atoms with van der Waals surface area (Å²) in [6.45, 7) is 2.02. The van der Waals surface area contributed by atoms with Gasteiger partial charge in [-0.2, -0.15) is 0 Å². The van der Waals surface area contributed by atoms with E-state index in [0.29, 0.717) is 12.2 Å². The van der Waals surface area contributed by atoms with E-state index in [1.807, 2.05) is 0 Å². The maximum Gasteiger partial charge on any atom is 0.123 e. The zero-order valence-electron chi connectivity index (χ0n) is 11.7. The number of ether oxygens (including phenoxy) is 1. The normalized spacial score (nSPS) is 24.4. The summed E-state index contributed by atoms with van der Waals surface area (Å²) in [6.07, 6.45) is 2.68. The van der Waals surface area contributed by atoms with Crippen molar-refractivity contribution < 1.29 is 14.2 Å². The molecule has 1 heterocycles. The second kappa shape index (κ2) is 5.88. The number of hydrogen-bond acceptors (Lipinski definition) is 3. The van der Waals surface area contributed by atoms with Gasteiger partial charge >= 0.3 is 0 Å². The molecule has 1 aromatic rings. The second-order valence-corrected chi connectivity index (χ2v) is 5.63. The fraction of sp³-hybridized carbons (Fsp3) is 0.600. The van der Waals surface area contributed by atoms with Crippen molar-refractivity contribution in [3.8, 4) is 5.75 Å². The fourth-order valence-corrected chi connectivity index (χ4v) is 3.07. The first-order chi connectivity index (χ1) is 9.08. The summed E-state index contributed by atoms with van der Waals surface area (Å²) in [5.41, 5.74) is 0.653. The van der Waals surface area contributed by atoms with Crippen LogP contribution in [0.4, 0.5) is 4.39 Å². The monoisotopic (exact) mass is 267 g/mol. The topological polar surface area (TPSA) is 32.7 Å². The molecule has 0 spiro atoms. The maximum absolute atomic E-state index is 13.4. The lowest BCUT2D eigenvalue weighted by atomic mass is 9.75. The Morgan fingerprint density at radius 3 is 2.89 bits per heavy atom. The molecule has 106 valence electrons. The predicted molar refractivity (Wildman–Crippen MR) is 72.9 cm³/mol. The average molecular weight is 267 g/mol. The Labute approximate surface area is 114 Å². The number of benzene rings is 1. The number of methoxy groups -OCH3 is 1. The van der Waals surface area contributed by atoms with Crippen LogP contribution < -0.4 is 4.74 Å². The van der Waals surface area contributed by atoms with Crippen molar-refractivity contribution in [2.45, 2.75) is 19.3 Å². The minimum atomic E-state index is -0.256. The lowest BCUT2D eigenvalue weighted by Gasteiger charge is -2.40. The van der Waals surface area contributed by atoms with Crippen molar-refractivity contribution in [2.24, 2.45) is 5.41 Å². The molecule has 0 amide bonds. The maximum atomic E-state index is 13.4. The highest BCUT2D eigenvalue weighted by Crippen LogP contribution is 2.35. The second-order valence-electron chi connectivity index (χ2n) is 5.63. The number of rotatable bonds is 4. The summed E-state index contributed by atoms with van der Waals surface area (Å²) in [5, 5.41) is 9.79. The third kappa shape index (κ3) is 3.25. The summed E-state index contributed by atoms with van der Waals surface area (Å²) >= 11 is 0. The van der Waals surface area contributed by atoms with Gasteiger partial charge in [0.15, 0.2) is 0 Å². The van der Waals surface area contributed by atoms with Crippen LogP contribution in [0.15, 0.2) is 18.2 Å². The van der Waals surface area contributed by atoms with E-state index in [9.17, 15) is 9.50 Å². The van der Waals surface area contributed by atoms with Crippen LogP contribution in [0.3, 0.4) is 0 Å². The van der Waals surface area contributed by atoms with Gasteiger partial charge < -0.3 is 14.7 Å². The Balaban J connectivity index is 2.24. The van der Waals surface area contributed by atoms with Crippen LogP contribution in [0.25, 0.3) is 0 Å². The summed E-state index contributed by atoms with van der Waals surface area (Å²) < 4.78 is 18.7. The van der Waals surface area contributed by atoms with Crippen LogP contribution in [0.1, 0.15) is 18.4 Å². The van der Waals surface area contributed by atoms with Gasteiger partial charge in [-0.3, -0.25) is 0 Å². The van der Waals surface area contributed by atoms with Gasteiger partial charge in [-0.1, -0.05) is 0 Å². The molecule has 1 aliphatic rings. The Morgan fingerprint density at radius 1 is 1.47 bits per heavy atom. The molecule has 0 saturated carbocycles. The Hall–Kier alpha value is -1.13. The van der Waals surface area contributed by atoms with Crippen LogP contribution >= 0.6 is 0 Å². The van der Waals surface area contributed by atoms with Gasteiger partial charge in [-0.15, -0.1) is 0 Å². The number of hydrogen-bond donors (Lipinski definition) is 1. The molecule has 4 heteroatoms. The summed E-state index contributed by atoms with van der Waals surface area (Å²) in [5.74, 6) is 0.440. The number of likely N-dealkylation sites (tertiary alicyclic amines) is 1. The first-order valence-corrected chi connectivity index (χ1v) is 6.70. The van der Waals surface area contributed by atoms with Crippen molar-refractivity contribution in [3.63, 3.8) is 0 Å². The third-order valence-corrected chi connectivity index (χ3v) is 4.00. The van der Waals surface area contributed by atoms with Crippen molar-refractivity contribution in [2.75, 3.05) is 33.9 Å². The van der Waals surface area contributed by atoms with E-state index in [2.05, 4.69) is 11.9 Å². The van der Waals surface area contributed by atoms with E-state index in [1.54, 1.807) is 13.2 Å². The Kier molecular flexibility index (Phi) is 4.42. The molecule has 2 rings (SSSR count). The summed E-state index contributed by atoms with van der Waals surface area (Å²) in [6, 6.07) is 4.58. The first-order valence-electron chi connectivity index (χ1n) is 6.70. The van der Waals surface area contributed by atoms with E-state index in [1.165, 1.54) is 12.1 Å². The number of piperidine rings is 1. The van der Waals surface area contributed by atoms with Gasteiger partial charge in [-0.05, 0) is 56.6 Å². The Morgan fingerprint density at radius 2 is 2.26 bits per heavy atom. The number of nitrogens with zero attached hydrogens (tertiary/aromatic N) is 1. The molecule has 1 atom stereocenters. The average Bonchev–Trinajstić information content (AvgIpc) is 2.39. The van der Waals surface area contributed by atoms with E-state index >= 15 is 0 Å². The van der Waals surface area contributed by atoms with Crippen LogP contribution in [-0.2, 0) is 6.42 Å². The molecule has 1 fully saturated rings. The molecule has 19 heavy (non-hydrogen) atoms.